The van der Waals surface area contributed by atoms with Crippen LogP contribution < -0.4 is 19.7 Å². The highest BCUT2D eigenvalue weighted by Crippen LogP contribution is 2.32. The van der Waals surface area contributed by atoms with Crippen molar-refractivity contribution in [2.45, 2.75) is 19.2 Å². The van der Waals surface area contributed by atoms with E-state index in [-0.39, 0.29) is 5.75 Å². The van der Waals surface area contributed by atoms with Crippen LogP contribution in [0.1, 0.15) is 11.1 Å². The van der Waals surface area contributed by atoms with Crippen molar-refractivity contribution < 1.29 is 22.6 Å². The summed E-state index contributed by atoms with van der Waals surface area (Å²) in [4.78, 5) is 6.32. The summed E-state index contributed by atoms with van der Waals surface area (Å²) in [5.74, 6) is 1.62. The normalized spacial score (nSPS) is 12.9. The fraction of sp³-hybridized carbons (Fsp3) is 0.261. The average Bonchev–Trinajstić information content (AvgIpc) is 3.18. The molecule has 0 spiro atoms. The van der Waals surface area contributed by atoms with Crippen molar-refractivity contribution in [3.63, 3.8) is 0 Å². The van der Waals surface area contributed by atoms with Crippen molar-refractivity contribution in [2.75, 3.05) is 30.0 Å². The van der Waals surface area contributed by atoms with Gasteiger partial charge in [0.05, 0.1) is 18.6 Å². The molecule has 0 saturated carbocycles. The molecule has 2 heterocycles. The van der Waals surface area contributed by atoms with Gasteiger partial charge in [0.25, 0.3) is 0 Å². The number of hydrogen-bond donors (Lipinski definition) is 1. The third-order valence-corrected chi connectivity index (χ3v) is 4.85. The van der Waals surface area contributed by atoms with Crippen LogP contribution in [0.2, 0.25) is 0 Å². The van der Waals surface area contributed by atoms with Gasteiger partial charge in [-0.05, 0) is 29.7 Å². The Morgan fingerprint density at radius 2 is 1.71 bits per heavy atom. The smallest absolute Gasteiger partial charge is 0.422 e. The number of pyridine rings is 1. The molecular formula is C23H22F3N3O2. The summed E-state index contributed by atoms with van der Waals surface area (Å²) in [6.07, 6.45) is -2.25. The Balaban J connectivity index is 1.28. The number of aromatic nitrogens is 1. The number of nitrogens with one attached hydrogen (secondary N) is 1. The molecule has 8 heteroatoms. The van der Waals surface area contributed by atoms with Gasteiger partial charge in [-0.1, -0.05) is 42.5 Å². The van der Waals surface area contributed by atoms with Crippen LogP contribution in [-0.2, 0) is 13.0 Å². The molecule has 162 valence electrons. The summed E-state index contributed by atoms with van der Waals surface area (Å²) in [5, 5.41) is 3.15. The lowest BCUT2D eigenvalue weighted by atomic mass is 10.1. The first kappa shape index (κ1) is 20.8. The Bertz CT molecular complexity index is 995. The lowest BCUT2D eigenvalue weighted by Crippen LogP contribution is -2.25. The standard InChI is InChI=1S/C23H22F3N3O2/c24-23(25,26)15-31-20-12-21-22(27-13-20)29(16-28-21)11-10-17-6-8-19(9-7-17)30-14-18-4-2-1-3-5-18/h1-9,12-13,28H,10-11,14-16H2. The van der Waals surface area contributed by atoms with Gasteiger partial charge in [0.15, 0.2) is 12.4 Å². The molecule has 0 atom stereocenters. The van der Waals surface area contributed by atoms with E-state index in [9.17, 15) is 13.2 Å². The lowest BCUT2D eigenvalue weighted by Gasteiger charge is -2.17. The van der Waals surface area contributed by atoms with E-state index in [0.717, 1.165) is 29.8 Å². The maximum Gasteiger partial charge on any atom is 0.422 e. The van der Waals surface area contributed by atoms with E-state index in [1.54, 1.807) is 6.07 Å². The molecule has 5 nitrogen and oxygen atoms in total. The van der Waals surface area contributed by atoms with Gasteiger partial charge in [-0.3, -0.25) is 0 Å². The summed E-state index contributed by atoms with van der Waals surface area (Å²) < 4.78 is 47.5. The van der Waals surface area contributed by atoms with Crippen molar-refractivity contribution in [1.29, 1.82) is 0 Å². The zero-order valence-electron chi connectivity index (χ0n) is 16.7. The van der Waals surface area contributed by atoms with E-state index in [0.29, 0.717) is 24.8 Å². The Labute approximate surface area is 178 Å². The van der Waals surface area contributed by atoms with Crippen LogP contribution in [0.4, 0.5) is 24.7 Å². The number of hydrogen-bond acceptors (Lipinski definition) is 5. The van der Waals surface area contributed by atoms with Crippen molar-refractivity contribution in [3.05, 3.63) is 78.0 Å². The highest BCUT2D eigenvalue weighted by atomic mass is 19.4. The third-order valence-electron chi connectivity index (χ3n) is 4.85. The molecule has 0 amide bonds. The van der Waals surface area contributed by atoms with Gasteiger partial charge in [0.1, 0.15) is 18.1 Å². The van der Waals surface area contributed by atoms with Crippen LogP contribution in [0.15, 0.2) is 66.9 Å². The van der Waals surface area contributed by atoms with Gasteiger partial charge in [0, 0.05) is 12.6 Å². The van der Waals surface area contributed by atoms with Crippen LogP contribution in [-0.4, -0.2) is 31.0 Å². The molecule has 0 radical (unpaired) electrons. The van der Waals surface area contributed by atoms with E-state index < -0.39 is 12.8 Å². The first-order chi connectivity index (χ1) is 15.0. The fourth-order valence-electron chi connectivity index (χ4n) is 3.26. The fourth-order valence-corrected chi connectivity index (χ4v) is 3.26. The molecule has 1 aliphatic heterocycles. The highest BCUT2D eigenvalue weighted by Gasteiger charge is 2.29. The highest BCUT2D eigenvalue weighted by molar-refractivity contribution is 5.72. The molecule has 0 aliphatic carbocycles. The number of halogens is 3. The number of ether oxygens (including phenoxy) is 2. The number of anilines is 2. The first-order valence-electron chi connectivity index (χ1n) is 9.90. The van der Waals surface area contributed by atoms with E-state index in [4.69, 9.17) is 9.47 Å². The van der Waals surface area contributed by atoms with Gasteiger partial charge in [-0.15, -0.1) is 0 Å². The summed E-state index contributed by atoms with van der Waals surface area (Å²) in [7, 11) is 0. The van der Waals surface area contributed by atoms with Crippen molar-refractivity contribution in [1.82, 2.24) is 4.98 Å². The lowest BCUT2D eigenvalue weighted by molar-refractivity contribution is -0.153. The predicted octanol–water partition coefficient (Wildman–Crippen LogP) is 5.03. The second-order valence-electron chi connectivity index (χ2n) is 7.21. The zero-order valence-corrected chi connectivity index (χ0v) is 16.7. The molecule has 3 aromatic rings. The Morgan fingerprint density at radius 3 is 2.45 bits per heavy atom. The van der Waals surface area contributed by atoms with Gasteiger partial charge < -0.3 is 19.7 Å². The van der Waals surface area contributed by atoms with E-state index in [1.807, 2.05) is 59.5 Å². The van der Waals surface area contributed by atoms with Gasteiger partial charge in [0.2, 0.25) is 0 Å². The SMILES string of the molecule is FC(F)(F)COc1cnc2c(c1)NCN2CCc1ccc(OCc2ccccc2)cc1. The summed E-state index contributed by atoms with van der Waals surface area (Å²) in [6, 6.07) is 19.5. The van der Waals surface area contributed by atoms with Crippen molar-refractivity contribution >= 4 is 11.5 Å². The third kappa shape index (κ3) is 5.81. The minimum atomic E-state index is -4.37. The molecule has 1 aliphatic rings. The molecule has 0 fully saturated rings. The van der Waals surface area contributed by atoms with Crippen LogP contribution in [0.25, 0.3) is 0 Å². The Kier molecular flexibility index (Phi) is 6.16. The minimum absolute atomic E-state index is 0.0940. The number of fused-ring (bicyclic) bond motifs is 1. The van der Waals surface area contributed by atoms with Crippen molar-refractivity contribution in [2.24, 2.45) is 0 Å². The molecule has 1 N–H and O–H groups in total. The molecule has 1 aromatic heterocycles. The van der Waals surface area contributed by atoms with Crippen LogP contribution >= 0.6 is 0 Å². The van der Waals surface area contributed by atoms with Crippen molar-refractivity contribution in [3.8, 4) is 11.5 Å². The number of rotatable bonds is 8. The summed E-state index contributed by atoms with van der Waals surface area (Å²) >= 11 is 0. The molecule has 2 aromatic carbocycles. The van der Waals surface area contributed by atoms with Gasteiger partial charge in [-0.2, -0.15) is 13.2 Å². The maximum absolute atomic E-state index is 12.3. The monoisotopic (exact) mass is 429 g/mol. The Morgan fingerprint density at radius 1 is 0.935 bits per heavy atom. The largest absolute Gasteiger partial charge is 0.489 e. The summed E-state index contributed by atoms with van der Waals surface area (Å²) in [5.41, 5.74) is 2.95. The predicted molar refractivity (Wildman–Crippen MR) is 113 cm³/mol. The first-order valence-corrected chi connectivity index (χ1v) is 9.90. The number of nitrogens with zero attached hydrogens (tertiary/aromatic N) is 2. The zero-order chi connectivity index (χ0) is 21.7. The Hall–Kier alpha value is -3.42. The maximum atomic E-state index is 12.3. The van der Waals surface area contributed by atoms with Gasteiger partial charge in [-0.25, -0.2) is 4.98 Å². The topological polar surface area (TPSA) is 46.6 Å². The summed E-state index contributed by atoms with van der Waals surface area (Å²) in [6.45, 7) is 0.461. The molecule has 31 heavy (non-hydrogen) atoms. The quantitative estimate of drug-likeness (QED) is 0.544. The van der Waals surface area contributed by atoms with Crippen LogP contribution in [0.5, 0.6) is 11.5 Å². The van der Waals surface area contributed by atoms with E-state index in [2.05, 4.69) is 10.3 Å². The minimum Gasteiger partial charge on any atom is -0.489 e. The average molecular weight is 429 g/mol. The molecule has 0 bridgehead atoms. The number of benzene rings is 2. The van der Waals surface area contributed by atoms with E-state index in [1.165, 1.54) is 6.20 Å². The molecule has 4 rings (SSSR count). The second kappa shape index (κ2) is 9.16. The van der Waals surface area contributed by atoms with Crippen LogP contribution in [0.3, 0.4) is 0 Å². The molecular weight excluding hydrogens is 407 g/mol. The van der Waals surface area contributed by atoms with E-state index >= 15 is 0 Å². The molecule has 0 saturated heterocycles. The number of alkyl halides is 3. The van der Waals surface area contributed by atoms with Gasteiger partial charge >= 0.3 is 6.18 Å². The second-order valence-corrected chi connectivity index (χ2v) is 7.21. The molecule has 0 unspecified atom stereocenters. The van der Waals surface area contributed by atoms with Crippen LogP contribution in [0, 0.1) is 0 Å².